The number of hydrogen-bond donors (Lipinski definition) is 1. The fourth-order valence-corrected chi connectivity index (χ4v) is 2.70. The maximum absolute atomic E-state index is 12.1. The Kier molecular flexibility index (Phi) is 8.50. The average molecular weight is 287 g/mol. The van der Waals surface area contributed by atoms with Gasteiger partial charge in [0.05, 0.1) is 6.54 Å². The first-order valence-corrected chi connectivity index (χ1v) is 8.36. The SMILES string of the molecule is CCN1CCN(CC(=O)N2CCCCC2)CC1.CS. The van der Waals surface area contributed by atoms with Crippen LogP contribution in [0.3, 0.4) is 0 Å². The summed E-state index contributed by atoms with van der Waals surface area (Å²) in [5.41, 5.74) is 0. The number of amides is 1. The summed E-state index contributed by atoms with van der Waals surface area (Å²) in [6.07, 6.45) is 5.36. The zero-order chi connectivity index (χ0) is 14.1. The van der Waals surface area contributed by atoms with Gasteiger partial charge in [-0.15, -0.1) is 0 Å². The third kappa shape index (κ3) is 5.71. The Labute approximate surface area is 123 Å². The van der Waals surface area contributed by atoms with Crippen LogP contribution in [0.2, 0.25) is 0 Å². The van der Waals surface area contributed by atoms with Crippen LogP contribution in [0.25, 0.3) is 0 Å². The number of piperidine rings is 1. The highest BCUT2D eigenvalue weighted by Crippen LogP contribution is 2.10. The molecule has 0 N–H and O–H groups in total. The molecule has 2 saturated heterocycles. The lowest BCUT2D eigenvalue weighted by atomic mass is 10.1. The highest BCUT2D eigenvalue weighted by atomic mass is 32.1. The fraction of sp³-hybridized carbons (Fsp3) is 0.929. The number of rotatable bonds is 3. The molecule has 0 atom stereocenters. The van der Waals surface area contributed by atoms with E-state index in [2.05, 4.69) is 34.3 Å². The first kappa shape index (κ1) is 16.8. The van der Waals surface area contributed by atoms with Crippen LogP contribution in [0.1, 0.15) is 26.2 Å². The first-order valence-electron chi connectivity index (χ1n) is 7.47. The van der Waals surface area contributed by atoms with E-state index < -0.39 is 0 Å². The maximum atomic E-state index is 12.1. The van der Waals surface area contributed by atoms with Crippen LogP contribution in [0.4, 0.5) is 0 Å². The Hall–Kier alpha value is -0.260. The summed E-state index contributed by atoms with van der Waals surface area (Å²) in [4.78, 5) is 18.9. The second kappa shape index (κ2) is 9.61. The third-order valence-corrected chi connectivity index (χ3v) is 3.98. The van der Waals surface area contributed by atoms with Gasteiger partial charge in [0.25, 0.3) is 0 Å². The molecule has 112 valence electrons. The number of hydrogen-bond acceptors (Lipinski definition) is 4. The van der Waals surface area contributed by atoms with Crippen LogP contribution in [-0.4, -0.2) is 79.2 Å². The van der Waals surface area contributed by atoms with Gasteiger partial charge in [0.2, 0.25) is 5.91 Å². The van der Waals surface area contributed by atoms with Gasteiger partial charge in [-0.05, 0) is 32.1 Å². The third-order valence-electron chi connectivity index (χ3n) is 3.98. The van der Waals surface area contributed by atoms with Crippen LogP contribution in [0.15, 0.2) is 0 Å². The largest absolute Gasteiger partial charge is 0.342 e. The molecule has 2 fully saturated rings. The van der Waals surface area contributed by atoms with E-state index in [0.717, 1.165) is 45.8 Å². The van der Waals surface area contributed by atoms with Crippen molar-refractivity contribution >= 4 is 18.5 Å². The summed E-state index contributed by atoms with van der Waals surface area (Å²) in [7, 11) is 0. The van der Waals surface area contributed by atoms with E-state index in [-0.39, 0.29) is 0 Å². The van der Waals surface area contributed by atoms with Gasteiger partial charge in [-0.25, -0.2) is 0 Å². The molecular weight excluding hydrogens is 258 g/mol. The molecular formula is C14H29N3OS. The van der Waals surface area contributed by atoms with Crippen molar-refractivity contribution in [2.24, 2.45) is 0 Å². The Morgan fingerprint density at radius 1 is 0.895 bits per heavy atom. The highest BCUT2D eigenvalue weighted by Gasteiger charge is 2.21. The second-order valence-electron chi connectivity index (χ2n) is 5.15. The van der Waals surface area contributed by atoms with Crippen molar-refractivity contribution in [2.75, 3.05) is 58.6 Å². The number of carbonyl (C=O) groups is 1. The minimum atomic E-state index is 0.342. The van der Waals surface area contributed by atoms with Crippen molar-refractivity contribution in [1.82, 2.24) is 14.7 Å². The topological polar surface area (TPSA) is 26.8 Å². The number of carbonyl (C=O) groups excluding carboxylic acids is 1. The molecule has 0 aromatic heterocycles. The molecule has 0 aliphatic carbocycles. The molecule has 2 heterocycles. The van der Waals surface area contributed by atoms with E-state index in [1.807, 2.05) is 0 Å². The summed E-state index contributed by atoms with van der Waals surface area (Å²) in [6.45, 7) is 10.3. The lowest BCUT2D eigenvalue weighted by molar-refractivity contribution is -0.133. The Bertz CT molecular complexity index is 249. The van der Waals surface area contributed by atoms with Crippen LogP contribution in [0, 0.1) is 0 Å². The number of nitrogens with zero attached hydrogens (tertiary/aromatic N) is 3. The van der Waals surface area contributed by atoms with Crippen molar-refractivity contribution in [3.05, 3.63) is 0 Å². The summed E-state index contributed by atoms with van der Waals surface area (Å²) < 4.78 is 0. The number of thiol groups is 1. The van der Waals surface area contributed by atoms with Crippen molar-refractivity contribution in [3.63, 3.8) is 0 Å². The molecule has 2 aliphatic heterocycles. The fourth-order valence-electron chi connectivity index (χ4n) is 2.70. The van der Waals surface area contributed by atoms with Gasteiger partial charge in [-0.1, -0.05) is 6.92 Å². The lowest BCUT2D eigenvalue weighted by Crippen LogP contribution is -2.50. The molecule has 0 unspecified atom stereocenters. The molecule has 2 rings (SSSR count). The normalized spacial score (nSPS) is 21.7. The van der Waals surface area contributed by atoms with Gasteiger partial charge in [0.15, 0.2) is 0 Å². The van der Waals surface area contributed by atoms with Crippen LogP contribution < -0.4 is 0 Å². The van der Waals surface area contributed by atoms with Gasteiger partial charge >= 0.3 is 0 Å². The number of likely N-dealkylation sites (tertiary alicyclic amines) is 1. The molecule has 0 radical (unpaired) electrons. The molecule has 0 aromatic carbocycles. The maximum Gasteiger partial charge on any atom is 0.236 e. The minimum absolute atomic E-state index is 0.342. The monoisotopic (exact) mass is 287 g/mol. The number of likely N-dealkylation sites (N-methyl/N-ethyl adjacent to an activating group) is 1. The predicted octanol–water partition coefficient (Wildman–Crippen LogP) is 1.18. The summed E-state index contributed by atoms with van der Waals surface area (Å²) in [6, 6.07) is 0. The van der Waals surface area contributed by atoms with Gasteiger partial charge in [-0.3, -0.25) is 9.69 Å². The standard InChI is InChI=1S/C13H25N3O.CH4S/c1-2-14-8-10-15(11-9-14)12-13(17)16-6-4-3-5-7-16;1-2/h2-12H2,1H3;2H,1H3. The molecule has 0 spiro atoms. The highest BCUT2D eigenvalue weighted by molar-refractivity contribution is 7.79. The second-order valence-corrected chi connectivity index (χ2v) is 5.15. The van der Waals surface area contributed by atoms with Gasteiger partial charge in [0, 0.05) is 39.3 Å². The zero-order valence-corrected chi connectivity index (χ0v) is 13.4. The Balaban J connectivity index is 0.000000861. The van der Waals surface area contributed by atoms with Crippen molar-refractivity contribution in [1.29, 1.82) is 0 Å². The molecule has 5 heteroatoms. The molecule has 19 heavy (non-hydrogen) atoms. The molecule has 4 nitrogen and oxygen atoms in total. The van der Waals surface area contributed by atoms with E-state index in [9.17, 15) is 4.79 Å². The minimum Gasteiger partial charge on any atom is -0.342 e. The quantitative estimate of drug-likeness (QED) is 0.790. The summed E-state index contributed by atoms with van der Waals surface area (Å²) in [5, 5.41) is 0. The molecule has 2 aliphatic rings. The van der Waals surface area contributed by atoms with Gasteiger partial charge in [-0.2, -0.15) is 12.6 Å². The van der Waals surface area contributed by atoms with E-state index >= 15 is 0 Å². The zero-order valence-electron chi connectivity index (χ0n) is 12.5. The van der Waals surface area contributed by atoms with Crippen LogP contribution >= 0.6 is 12.6 Å². The molecule has 0 saturated carbocycles. The van der Waals surface area contributed by atoms with Crippen molar-refractivity contribution in [2.45, 2.75) is 26.2 Å². The smallest absolute Gasteiger partial charge is 0.236 e. The van der Waals surface area contributed by atoms with Gasteiger partial charge in [0.1, 0.15) is 0 Å². The summed E-state index contributed by atoms with van der Waals surface area (Å²) in [5.74, 6) is 0.342. The van der Waals surface area contributed by atoms with Crippen LogP contribution in [0.5, 0.6) is 0 Å². The van der Waals surface area contributed by atoms with E-state index in [0.29, 0.717) is 12.5 Å². The predicted molar refractivity (Wildman–Crippen MR) is 83.9 cm³/mol. The van der Waals surface area contributed by atoms with E-state index in [4.69, 9.17) is 0 Å². The van der Waals surface area contributed by atoms with E-state index in [1.165, 1.54) is 19.3 Å². The first-order chi connectivity index (χ1) is 9.29. The summed E-state index contributed by atoms with van der Waals surface area (Å²) >= 11 is 3.53. The lowest BCUT2D eigenvalue weighted by Gasteiger charge is -2.35. The van der Waals surface area contributed by atoms with Gasteiger partial charge < -0.3 is 9.80 Å². The average Bonchev–Trinajstić information content (AvgIpc) is 2.51. The Morgan fingerprint density at radius 3 is 1.95 bits per heavy atom. The molecule has 0 bridgehead atoms. The molecule has 1 amide bonds. The number of piperazine rings is 1. The Morgan fingerprint density at radius 2 is 1.42 bits per heavy atom. The van der Waals surface area contributed by atoms with Crippen LogP contribution in [-0.2, 0) is 4.79 Å². The van der Waals surface area contributed by atoms with E-state index in [1.54, 1.807) is 6.26 Å². The van der Waals surface area contributed by atoms with Crippen molar-refractivity contribution < 1.29 is 4.79 Å². The molecule has 0 aromatic rings. The van der Waals surface area contributed by atoms with Crippen molar-refractivity contribution in [3.8, 4) is 0 Å².